The minimum absolute atomic E-state index is 0.0877. The molecule has 0 radical (unpaired) electrons. The van der Waals surface area contributed by atoms with Crippen molar-refractivity contribution in [1.82, 2.24) is 15.2 Å². The van der Waals surface area contributed by atoms with Crippen LogP contribution in [0.1, 0.15) is 105 Å². The highest BCUT2D eigenvalue weighted by molar-refractivity contribution is 7.13. The Bertz CT molecular complexity index is 2360. The van der Waals surface area contributed by atoms with Crippen molar-refractivity contribution in [3.05, 3.63) is 123 Å². The molecule has 2 N–H and O–H groups in total. The van der Waals surface area contributed by atoms with Crippen LogP contribution >= 0.6 is 11.3 Å². The van der Waals surface area contributed by atoms with Crippen LogP contribution in [0.3, 0.4) is 0 Å². The number of methoxy groups -OCH3 is 1. The first-order chi connectivity index (χ1) is 27.8. The molecule has 58 heavy (non-hydrogen) atoms. The van der Waals surface area contributed by atoms with Gasteiger partial charge in [0.25, 0.3) is 11.8 Å². The topological polar surface area (TPSA) is 136 Å². The Balaban J connectivity index is 1.27. The second-order valence-corrected chi connectivity index (χ2v) is 16.6. The van der Waals surface area contributed by atoms with Gasteiger partial charge in [0, 0.05) is 52.3 Å². The van der Waals surface area contributed by atoms with Crippen molar-refractivity contribution < 1.29 is 33.4 Å². The SMILES string of the molecule is COC(=O)c1nc(C(=O)N2CCCC[C@@H]2c2ccccc2)ccc1-c1cc2c(cc1C(=O)Nc1c(C)cc(CNC(=O)OC(C)(C)C)cc1C)-c1sccc1CCO2. The molecule has 0 saturated carbocycles. The fourth-order valence-corrected chi connectivity index (χ4v) is 8.72. The molecule has 12 heteroatoms. The molecule has 0 spiro atoms. The van der Waals surface area contributed by atoms with Gasteiger partial charge in [0.15, 0.2) is 5.69 Å². The third kappa shape index (κ3) is 8.62. The highest BCUT2D eigenvalue weighted by atomic mass is 32.1. The van der Waals surface area contributed by atoms with Crippen molar-refractivity contribution in [3.8, 4) is 27.3 Å². The lowest BCUT2D eigenvalue weighted by atomic mass is 9.93. The summed E-state index contributed by atoms with van der Waals surface area (Å²) in [5.74, 6) is -0.875. The maximum Gasteiger partial charge on any atom is 0.407 e. The average Bonchev–Trinajstić information content (AvgIpc) is 3.61. The number of rotatable bonds is 8. The predicted octanol–water partition coefficient (Wildman–Crippen LogP) is 9.46. The van der Waals surface area contributed by atoms with Gasteiger partial charge >= 0.3 is 12.1 Å². The summed E-state index contributed by atoms with van der Waals surface area (Å²) in [6, 6.07) is 22.6. The van der Waals surface area contributed by atoms with Gasteiger partial charge in [0.05, 0.1) is 19.8 Å². The molecule has 1 saturated heterocycles. The van der Waals surface area contributed by atoms with E-state index in [1.54, 1.807) is 50.3 Å². The molecule has 1 atom stereocenters. The zero-order chi connectivity index (χ0) is 41.1. The molecule has 7 rings (SSSR count). The van der Waals surface area contributed by atoms with E-state index in [9.17, 15) is 19.2 Å². The van der Waals surface area contributed by atoms with Crippen LogP contribution in [-0.2, 0) is 22.4 Å². The molecule has 0 bridgehead atoms. The third-order valence-electron chi connectivity index (χ3n) is 10.4. The number of carbonyl (C=O) groups is 4. The van der Waals surface area contributed by atoms with Gasteiger partial charge in [-0.05, 0) is 117 Å². The summed E-state index contributed by atoms with van der Waals surface area (Å²) < 4.78 is 16.9. The lowest BCUT2D eigenvalue weighted by molar-refractivity contribution is 0.0521. The number of aryl methyl sites for hydroxylation is 2. The van der Waals surface area contributed by atoms with Crippen molar-refractivity contribution in [3.63, 3.8) is 0 Å². The van der Waals surface area contributed by atoms with Crippen molar-refractivity contribution >= 4 is 40.9 Å². The Kier molecular flexibility index (Phi) is 11.7. The number of piperidine rings is 1. The normalized spacial score (nSPS) is 14.9. The zero-order valence-corrected chi connectivity index (χ0v) is 34.5. The van der Waals surface area contributed by atoms with Gasteiger partial charge in [-0.1, -0.05) is 42.5 Å². The maximum absolute atomic E-state index is 14.7. The molecule has 4 heterocycles. The van der Waals surface area contributed by atoms with E-state index in [0.29, 0.717) is 42.1 Å². The molecule has 11 nitrogen and oxygen atoms in total. The molecule has 0 aliphatic carbocycles. The molecule has 5 aromatic rings. The number of esters is 1. The molecular weight excluding hydrogens is 753 g/mol. The first kappa shape index (κ1) is 40.2. The van der Waals surface area contributed by atoms with Crippen LogP contribution in [0, 0.1) is 13.8 Å². The number of nitrogens with zero attached hydrogens (tertiary/aromatic N) is 2. The number of aromatic nitrogens is 1. The Labute approximate surface area is 342 Å². The number of benzene rings is 3. The molecule has 0 unspecified atom stereocenters. The van der Waals surface area contributed by atoms with Gasteiger partial charge in [0.2, 0.25) is 0 Å². The highest BCUT2D eigenvalue weighted by Gasteiger charge is 2.32. The Morgan fingerprint density at radius 1 is 0.931 bits per heavy atom. The number of ether oxygens (including phenoxy) is 3. The fraction of sp³-hybridized carbons (Fsp3) is 0.326. The van der Waals surface area contributed by atoms with Crippen LogP contribution in [0.2, 0.25) is 0 Å². The lowest BCUT2D eigenvalue weighted by Gasteiger charge is -2.36. The average molecular weight is 801 g/mol. The number of nitrogens with one attached hydrogen (secondary N) is 2. The van der Waals surface area contributed by atoms with Crippen LogP contribution in [0.25, 0.3) is 21.6 Å². The van der Waals surface area contributed by atoms with Crippen molar-refractivity contribution in [2.75, 3.05) is 25.6 Å². The van der Waals surface area contributed by atoms with Crippen LogP contribution in [0.5, 0.6) is 5.75 Å². The summed E-state index contributed by atoms with van der Waals surface area (Å²) >= 11 is 1.57. The number of pyridine rings is 1. The van der Waals surface area contributed by atoms with E-state index >= 15 is 0 Å². The molecule has 2 aliphatic rings. The van der Waals surface area contributed by atoms with Gasteiger partial charge in [-0.15, -0.1) is 11.3 Å². The van der Waals surface area contributed by atoms with Crippen LogP contribution in [0.4, 0.5) is 10.5 Å². The second-order valence-electron chi connectivity index (χ2n) is 15.7. The van der Waals surface area contributed by atoms with Gasteiger partial charge in [-0.3, -0.25) is 9.59 Å². The summed E-state index contributed by atoms with van der Waals surface area (Å²) in [6.45, 7) is 10.4. The van der Waals surface area contributed by atoms with E-state index in [4.69, 9.17) is 14.2 Å². The molecule has 2 aliphatic heterocycles. The summed E-state index contributed by atoms with van der Waals surface area (Å²) in [4.78, 5) is 62.3. The zero-order valence-electron chi connectivity index (χ0n) is 33.7. The van der Waals surface area contributed by atoms with E-state index in [-0.39, 0.29) is 35.4 Å². The minimum atomic E-state index is -0.743. The van der Waals surface area contributed by atoms with Crippen LogP contribution < -0.4 is 15.4 Å². The van der Waals surface area contributed by atoms with Crippen LogP contribution in [-0.4, -0.2) is 59.6 Å². The molecule has 3 aromatic carbocycles. The fourth-order valence-electron chi connectivity index (χ4n) is 7.74. The highest BCUT2D eigenvalue weighted by Crippen LogP contribution is 2.44. The molecular formula is C46H48N4O7S. The molecule has 300 valence electrons. The summed E-state index contributed by atoms with van der Waals surface area (Å²) in [5.41, 5.74) is 6.39. The number of hydrogen-bond donors (Lipinski definition) is 2. The number of likely N-dealkylation sites (tertiary alicyclic amines) is 1. The number of fused-ring (bicyclic) bond motifs is 3. The first-order valence-corrected chi connectivity index (χ1v) is 20.4. The number of carbonyl (C=O) groups excluding carboxylic acids is 4. The maximum atomic E-state index is 14.7. The quantitative estimate of drug-likeness (QED) is 0.148. The van der Waals surface area contributed by atoms with E-state index in [0.717, 1.165) is 57.5 Å². The smallest absolute Gasteiger partial charge is 0.407 e. The molecule has 3 amide bonds. The largest absolute Gasteiger partial charge is 0.493 e. The Morgan fingerprint density at radius 3 is 2.41 bits per heavy atom. The van der Waals surface area contributed by atoms with Gasteiger partial charge in [-0.25, -0.2) is 14.6 Å². The number of anilines is 1. The predicted molar refractivity (Wildman–Crippen MR) is 225 cm³/mol. The standard InChI is InChI=1S/C46H48N4O7S/c1-27-22-29(26-47-45(54)57-46(3,4)5)23-28(2)39(27)49-42(51)34-24-35-38(56-20-17-31-18-21-58-41(31)35)25-33(34)32-15-16-36(48-40(32)44(53)55-6)43(52)50-19-11-10-14-37(50)30-12-8-7-9-13-30/h7-9,12-13,15-16,18,21-25,37H,10-11,14,17,19-20,26H2,1-6H3,(H,47,54)(H,49,51)/t37-/m1/s1. The number of amides is 3. The number of hydrogen-bond acceptors (Lipinski definition) is 9. The summed E-state index contributed by atoms with van der Waals surface area (Å²) in [7, 11) is 1.27. The van der Waals surface area contributed by atoms with Gasteiger partial charge in [-0.2, -0.15) is 0 Å². The van der Waals surface area contributed by atoms with Gasteiger partial charge in [0.1, 0.15) is 17.0 Å². The Hall–Kier alpha value is -6.01. The van der Waals surface area contributed by atoms with Crippen molar-refractivity contribution in [2.45, 2.75) is 78.5 Å². The van der Waals surface area contributed by atoms with Crippen LogP contribution in [0.15, 0.2) is 78.2 Å². The Morgan fingerprint density at radius 2 is 1.69 bits per heavy atom. The van der Waals surface area contributed by atoms with Crippen molar-refractivity contribution in [1.29, 1.82) is 0 Å². The summed E-state index contributed by atoms with van der Waals surface area (Å²) in [5, 5.41) is 7.96. The minimum Gasteiger partial charge on any atom is -0.493 e. The third-order valence-corrected chi connectivity index (χ3v) is 11.4. The number of thiophene rings is 1. The lowest BCUT2D eigenvalue weighted by Crippen LogP contribution is -2.39. The van der Waals surface area contributed by atoms with E-state index in [1.165, 1.54) is 7.11 Å². The second kappa shape index (κ2) is 16.8. The van der Waals surface area contributed by atoms with E-state index < -0.39 is 23.6 Å². The first-order valence-electron chi connectivity index (χ1n) is 19.5. The van der Waals surface area contributed by atoms with E-state index in [1.807, 2.05) is 72.7 Å². The number of alkyl carbamates (subject to hydrolysis) is 1. The van der Waals surface area contributed by atoms with Gasteiger partial charge < -0.3 is 29.7 Å². The van der Waals surface area contributed by atoms with Crippen molar-refractivity contribution in [2.24, 2.45) is 0 Å². The summed E-state index contributed by atoms with van der Waals surface area (Å²) in [6.07, 6.45) is 2.86. The monoisotopic (exact) mass is 800 g/mol. The van der Waals surface area contributed by atoms with E-state index in [2.05, 4.69) is 21.7 Å². The molecule has 1 fully saturated rings. The molecule has 2 aromatic heterocycles.